The van der Waals surface area contributed by atoms with Crippen LogP contribution in [0.2, 0.25) is 0 Å². The van der Waals surface area contributed by atoms with Crippen LogP contribution in [0, 0.1) is 0 Å². The van der Waals surface area contributed by atoms with Gasteiger partial charge in [-0.2, -0.15) is 0 Å². The van der Waals surface area contributed by atoms with Gasteiger partial charge in [0.25, 0.3) is 5.56 Å². The van der Waals surface area contributed by atoms with Gasteiger partial charge in [0, 0.05) is 49.8 Å². The number of nitrogens with one attached hydrogen (secondary N) is 2. The van der Waals surface area contributed by atoms with Gasteiger partial charge in [0.05, 0.1) is 11.3 Å². The van der Waals surface area contributed by atoms with Gasteiger partial charge in [-0.3, -0.25) is 9.69 Å². The number of aromatic nitrogens is 4. The number of hydrogen-bond acceptors (Lipinski definition) is 4. The molecule has 2 aromatic heterocycles. The number of imidazole rings is 1. The van der Waals surface area contributed by atoms with Crippen molar-refractivity contribution in [3.8, 4) is 0 Å². The molecule has 136 valence electrons. The molecule has 0 bridgehead atoms. The molecule has 0 aromatic carbocycles. The van der Waals surface area contributed by atoms with Gasteiger partial charge in [0.15, 0.2) is 0 Å². The summed E-state index contributed by atoms with van der Waals surface area (Å²) in [6, 6.07) is 0. The Labute approximate surface area is 149 Å². The topological polar surface area (TPSA) is 77.7 Å². The molecular formula is C19H29N5O. The standard InChI is InChI=1S/C19H29N5O/c1-5-6-7-16-20-10-13(21-16)11-24-9-8-15-14(12-24)17(25)23-18(22-15)19(2,3)4/h10H,5-9,11-12H2,1-4H3,(H,20,21)(H,22,23,25). The van der Waals surface area contributed by atoms with Crippen molar-refractivity contribution < 1.29 is 0 Å². The van der Waals surface area contributed by atoms with Crippen LogP contribution in [0.5, 0.6) is 0 Å². The third kappa shape index (κ3) is 4.18. The minimum absolute atomic E-state index is 0.00729. The number of hydrogen-bond donors (Lipinski definition) is 2. The summed E-state index contributed by atoms with van der Waals surface area (Å²) < 4.78 is 0. The quantitative estimate of drug-likeness (QED) is 0.875. The highest BCUT2D eigenvalue weighted by Crippen LogP contribution is 2.21. The molecule has 0 spiro atoms. The summed E-state index contributed by atoms with van der Waals surface area (Å²) in [6.45, 7) is 10.7. The molecule has 1 aliphatic rings. The number of nitrogens with zero attached hydrogens (tertiary/aromatic N) is 3. The minimum atomic E-state index is -0.143. The van der Waals surface area contributed by atoms with Crippen molar-refractivity contribution in [2.45, 2.75) is 71.9 Å². The number of aryl methyl sites for hydroxylation is 1. The average Bonchev–Trinajstić information content (AvgIpc) is 3.00. The molecule has 0 aliphatic carbocycles. The fraction of sp³-hybridized carbons (Fsp3) is 0.632. The summed E-state index contributed by atoms with van der Waals surface area (Å²) in [5.41, 5.74) is 2.75. The molecule has 0 amide bonds. The second kappa shape index (κ2) is 7.12. The summed E-state index contributed by atoms with van der Waals surface area (Å²) in [6.07, 6.45) is 6.07. The van der Waals surface area contributed by atoms with Crippen LogP contribution in [-0.4, -0.2) is 31.4 Å². The predicted octanol–water partition coefficient (Wildman–Crippen LogP) is 2.69. The van der Waals surface area contributed by atoms with E-state index in [2.05, 4.69) is 47.5 Å². The van der Waals surface area contributed by atoms with Crippen LogP contribution in [-0.2, 0) is 31.3 Å². The zero-order valence-corrected chi connectivity index (χ0v) is 15.8. The molecule has 1 aliphatic heterocycles. The molecule has 2 aromatic rings. The number of H-pyrrole nitrogens is 2. The van der Waals surface area contributed by atoms with E-state index < -0.39 is 0 Å². The van der Waals surface area contributed by atoms with Crippen molar-refractivity contribution in [2.24, 2.45) is 0 Å². The van der Waals surface area contributed by atoms with Gasteiger partial charge in [0.2, 0.25) is 0 Å². The molecule has 6 heteroatoms. The van der Waals surface area contributed by atoms with Gasteiger partial charge >= 0.3 is 0 Å². The first-order chi connectivity index (χ1) is 11.9. The summed E-state index contributed by atoms with van der Waals surface area (Å²) >= 11 is 0. The highest BCUT2D eigenvalue weighted by molar-refractivity contribution is 5.22. The van der Waals surface area contributed by atoms with Crippen LogP contribution in [0.15, 0.2) is 11.0 Å². The second-order valence-electron chi connectivity index (χ2n) is 8.01. The maximum atomic E-state index is 12.5. The van der Waals surface area contributed by atoms with E-state index >= 15 is 0 Å². The summed E-state index contributed by atoms with van der Waals surface area (Å²) in [5, 5.41) is 0. The van der Waals surface area contributed by atoms with Crippen molar-refractivity contribution in [1.82, 2.24) is 24.8 Å². The third-order valence-corrected chi connectivity index (χ3v) is 4.70. The molecule has 3 rings (SSSR count). The molecule has 0 atom stereocenters. The molecule has 25 heavy (non-hydrogen) atoms. The van der Waals surface area contributed by atoms with Gasteiger partial charge in [-0.05, 0) is 6.42 Å². The van der Waals surface area contributed by atoms with Crippen LogP contribution < -0.4 is 5.56 Å². The maximum Gasteiger partial charge on any atom is 0.255 e. The van der Waals surface area contributed by atoms with E-state index in [1.165, 1.54) is 6.42 Å². The smallest absolute Gasteiger partial charge is 0.255 e. The van der Waals surface area contributed by atoms with Gasteiger partial charge in [0.1, 0.15) is 11.6 Å². The lowest BCUT2D eigenvalue weighted by molar-refractivity contribution is 0.238. The Kier molecular flexibility index (Phi) is 5.08. The van der Waals surface area contributed by atoms with Crippen LogP contribution in [0.3, 0.4) is 0 Å². The van der Waals surface area contributed by atoms with E-state index in [9.17, 15) is 4.79 Å². The maximum absolute atomic E-state index is 12.5. The predicted molar refractivity (Wildman–Crippen MR) is 98.6 cm³/mol. The Morgan fingerprint density at radius 1 is 1.28 bits per heavy atom. The molecule has 6 nitrogen and oxygen atoms in total. The molecule has 2 N–H and O–H groups in total. The molecule has 0 radical (unpaired) electrons. The molecule has 0 unspecified atom stereocenters. The summed E-state index contributed by atoms with van der Waals surface area (Å²) in [4.78, 5) is 30.4. The zero-order valence-electron chi connectivity index (χ0n) is 15.8. The first-order valence-electron chi connectivity index (χ1n) is 9.24. The van der Waals surface area contributed by atoms with E-state index in [-0.39, 0.29) is 11.0 Å². The number of unbranched alkanes of at least 4 members (excludes halogenated alkanes) is 1. The van der Waals surface area contributed by atoms with E-state index in [1.807, 2.05) is 6.20 Å². The average molecular weight is 343 g/mol. The minimum Gasteiger partial charge on any atom is -0.345 e. The van der Waals surface area contributed by atoms with Crippen molar-refractivity contribution in [3.63, 3.8) is 0 Å². The first kappa shape index (κ1) is 17.9. The van der Waals surface area contributed by atoms with E-state index in [0.717, 1.165) is 61.0 Å². The highest BCUT2D eigenvalue weighted by atomic mass is 16.1. The van der Waals surface area contributed by atoms with Crippen molar-refractivity contribution >= 4 is 0 Å². The Bertz CT molecular complexity index is 784. The fourth-order valence-electron chi connectivity index (χ4n) is 3.17. The van der Waals surface area contributed by atoms with Crippen molar-refractivity contribution in [2.75, 3.05) is 6.54 Å². The lowest BCUT2D eigenvalue weighted by Crippen LogP contribution is -2.37. The largest absolute Gasteiger partial charge is 0.345 e. The molecule has 0 saturated carbocycles. The highest BCUT2D eigenvalue weighted by Gasteiger charge is 2.25. The van der Waals surface area contributed by atoms with E-state index in [0.29, 0.717) is 6.54 Å². The summed E-state index contributed by atoms with van der Waals surface area (Å²) in [5.74, 6) is 1.84. The Morgan fingerprint density at radius 3 is 2.80 bits per heavy atom. The Balaban J connectivity index is 1.71. The van der Waals surface area contributed by atoms with Crippen LogP contribution in [0.25, 0.3) is 0 Å². The SMILES string of the molecule is CCCCc1ncc(CN2CCc3nc(C(C)(C)C)[nH]c(=O)c3C2)[nH]1. The van der Waals surface area contributed by atoms with Crippen molar-refractivity contribution in [1.29, 1.82) is 0 Å². The molecular weight excluding hydrogens is 314 g/mol. The Morgan fingerprint density at radius 2 is 2.08 bits per heavy atom. The normalized spacial score (nSPS) is 15.4. The number of aromatic amines is 2. The fourth-order valence-corrected chi connectivity index (χ4v) is 3.17. The summed E-state index contributed by atoms with van der Waals surface area (Å²) in [7, 11) is 0. The lowest BCUT2D eigenvalue weighted by Gasteiger charge is -2.28. The molecule has 0 saturated heterocycles. The van der Waals surface area contributed by atoms with Gasteiger partial charge < -0.3 is 9.97 Å². The van der Waals surface area contributed by atoms with Gasteiger partial charge in [-0.1, -0.05) is 34.1 Å². The van der Waals surface area contributed by atoms with Gasteiger partial charge in [-0.25, -0.2) is 9.97 Å². The Hall–Kier alpha value is -1.95. The van der Waals surface area contributed by atoms with Crippen molar-refractivity contribution in [3.05, 3.63) is 45.2 Å². The number of rotatable bonds is 5. The van der Waals surface area contributed by atoms with Crippen LogP contribution in [0.4, 0.5) is 0 Å². The molecule has 0 fully saturated rings. The monoisotopic (exact) mass is 343 g/mol. The van der Waals surface area contributed by atoms with Crippen LogP contribution in [0.1, 0.15) is 69.1 Å². The van der Waals surface area contributed by atoms with Gasteiger partial charge in [-0.15, -0.1) is 0 Å². The van der Waals surface area contributed by atoms with Crippen LogP contribution >= 0.6 is 0 Å². The molecule has 3 heterocycles. The third-order valence-electron chi connectivity index (χ3n) is 4.70. The van der Waals surface area contributed by atoms with E-state index in [1.54, 1.807) is 0 Å². The lowest BCUT2D eigenvalue weighted by atomic mass is 9.95. The second-order valence-corrected chi connectivity index (χ2v) is 8.01. The first-order valence-corrected chi connectivity index (χ1v) is 9.24. The zero-order chi connectivity index (χ0) is 18.0. The van der Waals surface area contributed by atoms with E-state index in [4.69, 9.17) is 4.98 Å². The number of fused-ring (bicyclic) bond motifs is 1.